The number of urea groups is 1. The normalized spacial score (nSPS) is 25.7. The van der Waals surface area contributed by atoms with Gasteiger partial charge in [0.15, 0.2) is 0 Å². The fourth-order valence-electron chi connectivity index (χ4n) is 7.77. The molecule has 2 saturated heterocycles. The van der Waals surface area contributed by atoms with Crippen LogP contribution in [0, 0.1) is 29.1 Å². The molecule has 2 heterocycles. The van der Waals surface area contributed by atoms with Gasteiger partial charge in [0.05, 0.1) is 6.04 Å². The molecule has 2 unspecified atom stereocenters. The van der Waals surface area contributed by atoms with Gasteiger partial charge in [0.25, 0.3) is 16.1 Å². The molecule has 2 aliphatic heterocycles. The molecule has 4 fully saturated rings. The van der Waals surface area contributed by atoms with Crippen LogP contribution in [0.1, 0.15) is 105 Å². The third kappa shape index (κ3) is 9.75. The summed E-state index contributed by atoms with van der Waals surface area (Å²) in [7, 11) is -2.11. The average Bonchev–Trinajstić information content (AvgIpc) is 3.48. The minimum absolute atomic E-state index is 0.0161. The smallest absolute Gasteiger partial charge is 0.315 e. The molecule has 4 aliphatic rings. The maximum absolute atomic E-state index is 14.6. The quantitative estimate of drug-likeness (QED) is 0.209. The van der Waals surface area contributed by atoms with Crippen molar-refractivity contribution in [3.63, 3.8) is 0 Å². The number of nitrogens with two attached hydrogens (primary N) is 1. The lowest BCUT2D eigenvalue weighted by molar-refractivity contribution is -0.143. The lowest BCUT2D eigenvalue weighted by Gasteiger charge is -2.39. The second-order valence-electron chi connectivity index (χ2n) is 16.5. The molecule has 5 atom stereocenters. The van der Waals surface area contributed by atoms with Gasteiger partial charge in [-0.05, 0) is 61.2 Å². The summed E-state index contributed by atoms with van der Waals surface area (Å²) in [6.45, 7) is 11.1. The fraction of sp³-hybridized carbons (Fsp3) is 0.857. The summed E-state index contributed by atoms with van der Waals surface area (Å²) in [6.07, 6.45) is 8.62. The average molecular weight is 724 g/mol. The molecule has 0 aromatic rings. The Labute approximate surface area is 298 Å². The molecule has 0 radical (unpaired) electrons. The lowest BCUT2D eigenvalue weighted by Crippen LogP contribution is -2.61. The number of nitrogens with zero attached hydrogens (tertiary/aromatic N) is 3. The molecule has 0 aromatic carbocycles. The number of Topliss-reactive ketones (excluding diaryl/α,β-unsaturated/α-hetero) is 1. The van der Waals surface area contributed by atoms with Gasteiger partial charge in [0.1, 0.15) is 12.1 Å². The summed E-state index contributed by atoms with van der Waals surface area (Å²) in [4.78, 5) is 68.6. The maximum Gasteiger partial charge on any atom is 0.315 e. The van der Waals surface area contributed by atoms with Gasteiger partial charge < -0.3 is 26.6 Å². The molecule has 14 nitrogen and oxygen atoms in total. The number of carbonyl (C=O) groups excluding carboxylic acids is 5. The molecular weight excluding hydrogens is 662 g/mol. The first-order valence-electron chi connectivity index (χ1n) is 18.6. The van der Waals surface area contributed by atoms with Crippen molar-refractivity contribution in [1.82, 2.24) is 29.5 Å². The highest BCUT2D eigenvalue weighted by Crippen LogP contribution is 2.34. The second kappa shape index (κ2) is 16.7. The third-order valence-electron chi connectivity index (χ3n) is 11.5. The highest BCUT2D eigenvalue weighted by Gasteiger charge is 2.46. The van der Waals surface area contributed by atoms with Crippen LogP contribution in [0.25, 0.3) is 0 Å². The first kappa shape index (κ1) is 40.0. The number of amides is 5. The molecule has 0 aromatic heterocycles. The van der Waals surface area contributed by atoms with Crippen LogP contribution in [0.5, 0.6) is 0 Å². The Morgan fingerprint density at radius 3 is 2.08 bits per heavy atom. The van der Waals surface area contributed by atoms with E-state index < -0.39 is 63.4 Å². The summed E-state index contributed by atoms with van der Waals surface area (Å²) in [5, 5.41) is 8.78. The van der Waals surface area contributed by atoms with E-state index in [1.165, 1.54) is 8.61 Å². The van der Waals surface area contributed by atoms with Crippen molar-refractivity contribution in [2.24, 2.45) is 34.8 Å². The van der Waals surface area contributed by atoms with E-state index >= 15 is 0 Å². The van der Waals surface area contributed by atoms with Crippen molar-refractivity contribution in [3.05, 3.63) is 0 Å². The minimum Gasteiger partial charge on any atom is -0.363 e. The number of likely N-dealkylation sites (tertiary alicyclic amines) is 1. The van der Waals surface area contributed by atoms with Crippen LogP contribution in [0.3, 0.4) is 0 Å². The Balaban J connectivity index is 1.55. The van der Waals surface area contributed by atoms with Gasteiger partial charge in [-0.15, -0.1) is 0 Å². The Bertz CT molecular complexity index is 1360. The standard InChI is InChI=1S/C35H61N7O7S/c1-22(2)25-19-27(32(45)37-26(30(43)31(36)44)18-23-12-10-13-23)42(20-25)33(46)29(24-14-8-7-9-15-24)39-34(47)38-28(35(3,4)5)21-41-17-11-16-40(6)50(41,48)49/h22-29H,7-21H2,1-6H3,(H2,36,44)(H,37,45)(H2,38,39,47)/t25?,26?,27-,28+,29-/m0/s1. The number of rotatable bonds is 13. The van der Waals surface area contributed by atoms with E-state index in [0.29, 0.717) is 38.9 Å². The summed E-state index contributed by atoms with van der Waals surface area (Å²) in [5.41, 5.74) is 4.85. The number of hydrogen-bond acceptors (Lipinski definition) is 7. The Morgan fingerprint density at radius 2 is 1.52 bits per heavy atom. The lowest BCUT2D eigenvalue weighted by atomic mass is 9.80. The molecule has 2 aliphatic carbocycles. The zero-order valence-electron chi connectivity index (χ0n) is 30.9. The highest BCUT2D eigenvalue weighted by molar-refractivity contribution is 7.86. The van der Waals surface area contributed by atoms with Crippen LogP contribution in [-0.4, -0.2) is 109 Å². The van der Waals surface area contributed by atoms with Crippen molar-refractivity contribution in [1.29, 1.82) is 0 Å². The van der Waals surface area contributed by atoms with Gasteiger partial charge in [-0.25, -0.2) is 4.79 Å². The molecular formula is C35H61N7O7S. The zero-order valence-corrected chi connectivity index (χ0v) is 31.7. The van der Waals surface area contributed by atoms with Gasteiger partial charge in [0.2, 0.25) is 17.6 Å². The van der Waals surface area contributed by atoms with Crippen molar-refractivity contribution in [2.75, 3.05) is 33.2 Å². The van der Waals surface area contributed by atoms with Crippen LogP contribution >= 0.6 is 0 Å². The van der Waals surface area contributed by atoms with E-state index in [-0.39, 0.29) is 36.1 Å². The number of ketones is 1. The third-order valence-corrected chi connectivity index (χ3v) is 13.5. The van der Waals surface area contributed by atoms with Gasteiger partial charge in [-0.3, -0.25) is 19.2 Å². The highest BCUT2D eigenvalue weighted by atomic mass is 32.2. The number of carbonyl (C=O) groups is 5. The molecule has 15 heteroatoms. The predicted molar refractivity (Wildman–Crippen MR) is 190 cm³/mol. The van der Waals surface area contributed by atoms with Crippen molar-refractivity contribution in [3.8, 4) is 0 Å². The predicted octanol–water partition coefficient (Wildman–Crippen LogP) is 2.13. The van der Waals surface area contributed by atoms with E-state index in [1.807, 2.05) is 34.6 Å². The molecule has 0 bridgehead atoms. The zero-order chi connectivity index (χ0) is 37.0. The SMILES string of the molecule is CC(C)C1C[C@@H](C(=O)NC(CC2CCC2)C(=O)C(N)=O)N(C(=O)[C@@H](NC(=O)N[C@H](CN2CCCN(C)S2(=O)=O)C(C)(C)C)C2CCCCC2)C1. The molecule has 4 rings (SSSR count). The summed E-state index contributed by atoms with van der Waals surface area (Å²) in [6, 6.07) is -3.95. The Morgan fingerprint density at radius 1 is 0.860 bits per heavy atom. The first-order valence-corrected chi connectivity index (χ1v) is 20.0. The monoisotopic (exact) mass is 723 g/mol. The van der Waals surface area contributed by atoms with Crippen molar-refractivity contribution >= 4 is 39.7 Å². The maximum atomic E-state index is 14.6. The van der Waals surface area contributed by atoms with E-state index in [0.717, 1.165) is 51.4 Å². The fourth-order valence-corrected chi connectivity index (χ4v) is 9.22. The van der Waals surface area contributed by atoms with E-state index in [1.54, 1.807) is 11.9 Å². The van der Waals surface area contributed by atoms with E-state index in [4.69, 9.17) is 5.73 Å². The number of nitrogens with one attached hydrogen (secondary N) is 3. The molecule has 50 heavy (non-hydrogen) atoms. The Hall–Kier alpha value is -2.78. The van der Waals surface area contributed by atoms with Gasteiger partial charge in [-0.1, -0.05) is 73.1 Å². The van der Waals surface area contributed by atoms with Crippen LogP contribution < -0.4 is 21.7 Å². The summed E-state index contributed by atoms with van der Waals surface area (Å²) in [5.74, 6) is -2.51. The topological polar surface area (TPSA) is 191 Å². The van der Waals surface area contributed by atoms with E-state index in [2.05, 4.69) is 16.0 Å². The van der Waals surface area contributed by atoms with Crippen molar-refractivity contribution in [2.45, 2.75) is 129 Å². The minimum atomic E-state index is -3.66. The molecule has 5 amide bonds. The molecule has 2 saturated carbocycles. The van der Waals surface area contributed by atoms with Crippen LogP contribution in [-0.2, 0) is 29.4 Å². The van der Waals surface area contributed by atoms with Crippen LogP contribution in [0.2, 0.25) is 0 Å². The Kier molecular flexibility index (Phi) is 13.4. The number of hydrogen-bond donors (Lipinski definition) is 4. The van der Waals surface area contributed by atoms with Gasteiger partial charge in [0, 0.05) is 39.3 Å². The van der Waals surface area contributed by atoms with Crippen LogP contribution in [0.4, 0.5) is 4.79 Å². The molecule has 284 valence electrons. The largest absolute Gasteiger partial charge is 0.363 e. The van der Waals surface area contributed by atoms with Gasteiger partial charge >= 0.3 is 6.03 Å². The summed E-state index contributed by atoms with van der Waals surface area (Å²) >= 11 is 0. The van der Waals surface area contributed by atoms with Crippen LogP contribution in [0.15, 0.2) is 0 Å². The van der Waals surface area contributed by atoms with Crippen molar-refractivity contribution < 1.29 is 32.4 Å². The molecule has 0 spiro atoms. The summed E-state index contributed by atoms with van der Waals surface area (Å²) < 4.78 is 28.8. The van der Waals surface area contributed by atoms with Gasteiger partial charge in [-0.2, -0.15) is 17.0 Å². The molecule has 5 N–H and O–H groups in total. The first-order chi connectivity index (χ1) is 23.4. The van der Waals surface area contributed by atoms with E-state index in [9.17, 15) is 32.4 Å². The second-order valence-corrected chi connectivity index (χ2v) is 18.6. The number of primary amides is 1.